The number of ether oxygens (including phenoxy) is 1. The third-order valence-corrected chi connectivity index (χ3v) is 4.76. The Morgan fingerprint density at radius 2 is 2.32 bits per heavy atom. The van der Waals surface area contributed by atoms with Gasteiger partial charge in [0.15, 0.2) is 0 Å². The molecule has 98 valence electrons. The molecule has 2 heterocycles. The molecule has 0 saturated heterocycles. The Bertz CT molecular complexity index is 572. The molecule has 7 heteroatoms. The molecule has 1 aromatic rings. The molecular weight excluding hydrogens is 282 g/mol. The van der Waals surface area contributed by atoms with E-state index in [0.717, 1.165) is 16.7 Å². The van der Waals surface area contributed by atoms with Gasteiger partial charge < -0.3 is 4.74 Å². The van der Waals surface area contributed by atoms with Gasteiger partial charge in [-0.15, -0.1) is 5.10 Å². The number of carbonyl (C=O) groups excluding carboxylic acids is 1. The van der Waals surface area contributed by atoms with E-state index in [2.05, 4.69) is 15.5 Å². The summed E-state index contributed by atoms with van der Waals surface area (Å²) in [6.45, 7) is 0.875. The topological polar surface area (TPSA) is 63.0 Å². The molecule has 0 saturated carbocycles. The summed E-state index contributed by atoms with van der Waals surface area (Å²) in [5, 5.41) is 3.99. The van der Waals surface area contributed by atoms with E-state index in [-0.39, 0.29) is 5.91 Å². The molecule has 0 spiro atoms. The Kier molecular flexibility index (Phi) is 3.74. The minimum absolute atomic E-state index is 0.247. The van der Waals surface area contributed by atoms with E-state index in [0.29, 0.717) is 23.0 Å². The Balaban J connectivity index is 1.72. The summed E-state index contributed by atoms with van der Waals surface area (Å²) < 4.78 is 6.72. The van der Waals surface area contributed by atoms with E-state index in [9.17, 15) is 4.79 Å². The summed E-state index contributed by atoms with van der Waals surface area (Å²) in [5.41, 5.74) is 2.99. The normalized spacial score (nSPS) is 17.8. The first kappa shape index (κ1) is 12.6. The van der Waals surface area contributed by atoms with Gasteiger partial charge in [0.05, 0.1) is 17.9 Å². The molecule has 19 heavy (non-hydrogen) atoms. The van der Waals surface area contributed by atoms with Crippen molar-refractivity contribution >= 4 is 39.7 Å². The monoisotopic (exact) mass is 293 g/mol. The zero-order valence-corrected chi connectivity index (χ0v) is 11.6. The van der Waals surface area contributed by atoms with Gasteiger partial charge in [0.25, 0.3) is 5.91 Å². The summed E-state index contributed by atoms with van der Waals surface area (Å²) in [5.74, 6) is 2.37. The predicted molar refractivity (Wildman–Crippen MR) is 79.2 cm³/mol. The molecule has 1 N–H and O–H groups in total. The molecule has 0 aliphatic carbocycles. The fourth-order valence-corrected chi connectivity index (χ4v) is 3.51. The minimum Gasteiger partial charge on any atom is -0.440 e. The number of para-hydroxylation sites is 1. The SMILES string of the molecule is O=C1NN=C(CSC2=NCCS2)Oc2ccccc21. The van der Waals surface area contributed by atoms with Crippen molar-refractivity contribution < 1.29 is 9.53 Å². The number of nitrogens with one attached hydrogen (secondary N) is 1. The maximum Gasteiger partial charge on any atom is 0.275 e. The number of hydrogen-bond acceptors (Lipinski definition) is 6. The molecule has 0 aromatic heterocycles. The van der Waals surface area contributed by atoms with Crippen LogP contribution in [0.2, 0.25) is 0 Å². The van der Waals surface area contributed by atoms with Crippen LogP contribution in [0.5, 0.6) is 5.75 Å². The Hall–Kier alpha value is -1.47. The van der Waals surface area contributed by atoms with Crippen LogP contribution < -0.4 is 10.2 Å². The molecule has 2 aliphatic heterocycles. The second-order valence-corrected chi connectivity index (χ2v) is 6.14. The molecule has 5 nitrogen and oxygen atoms in total. The number of thioether (sulfide) groups is 2. The van der Waals surface area contributed by atoms with Gasteiger partial charge in [-0.05, 0) is 12.1 Å². The largest absolute Gasteiger partial charge is 0.440 e. The third-order valence-electron chi connectivity index (χ3n) is 2.52. The highest BCUT2D eigenvalue weighted by atomic mass is 32.2. The zero-order valence-electron chi connectivity index (χ0n) is 9.96. The number of hydrogen-bond donors (Lipinski definition) is 1. The van der Waals surface area contributed by atoms with Gasteiger partial charge in [0.1, 0.15) is 10.1 Å². The smallest absolute Gasteiger partial charge is 0.275 e. The molecule has 1 aromatic carbocycles. The van der Waals surface area contributed by atoms with Gasteiger partial charge in [-0.25, -0.2) is 5.43 Å². The highest BCUT2D eigenvalue weighted by Crippen LogP contribution is 2.24. The summed E-state index contributed by atoms with van der Waals surface area (Å²) >= 11 is 3.32. The van der Waals surface area contributed by atoms with E-state index in [1.165, 1.54) is 0 Å². The Labute approximate surface area is 118 Å². The van der Waals surface area contributed by atoms with Crippen LogP contribution >= 0.6 is 23.5 Å². The Morgan fingerprint density at radius 1 is 1.42 bits per heavy atom. The highest BCUT2D eigenvalue weighted by Gasteiger charge is 2.19. The van der Waals surface area contributed by atoms with Crippen LogP contribution in [0.1, 0.15) is 10.4 Å². The zero-order chi connectivity index (χ0) is 13.1. The second kappa shape index (κ2) is 5.66. The predicted octanol–water partition coefficient (Wildman–Crippen LogP) is 1.96. The molecule has 2 aliphatic rings. The van der Waals surface area contributed by atoms with Crippen molar-refractivity contribution in [2.45, 2.75) is 0 Å². The molecule has 1 amide bonds. The minimum atomic E-state index is -0.247. The second-order valence-electron chi connectivity index (χ2n) is 3.83. The first-order valence-corrected chi connectivity index (χ1v) is 7.74. The molecule has 0 bridgehead atoms. The lowest BCUT2D eigenvalue weighted by Gasteiger charge is -2.06. The quantitative estimate of drug-likeness (QED) is 0.905. The number of amides is 1. The number of rotatable bonds is 2. The number of fused-ring (bicyclic) bond motifs is 1. The van der Waals surface area contributed by atoms with E-state index < -0.39 is 0 Å². The average Bonchev–Trinajstić information content (AvgIpc) is 2.89. The van der Waals surface area contributed by atoms with E-state index in [1.807, 2.05) is 6.07 Å². The standard InChI is InChI=1S/C12H11N3O2S2/c16-11-8-3-1-2-4-9(8)17-10(14-15-11)7-19-12-13-5-6-18-12/h1-4H,5-7H2,(H,15,16). The van der Waals surface area contributed by atoms with Crippen LogP contribution in [0.15, 0.2) is 34.4 Å². The fraction of sp³-hybridized carbons (Fsp3) is 0.250. The van der Waals surface area contributed by atoms with Crippen LogP contribution in [-0.2, 0) is 0 Å². The summed E-state index contributed by atoms with van der Waals surface area (Å²) in [6.07, 6.45) is 0. The third kappa shape index (κ3) is 2.93. The summed E-state index contributed by atoms with van der Waals surface area (Å²) in [7, 11) is 0. The van der Waals surface area contributed by atoms with Gasteiger partial charge in [0.2, 0.25) is 5.90 Å². The molecule has 0 unspecified atom stereocenters. The molecular formula is C12H11N3O2S2. The molecule has 0 radical (unpaired) electrons. The van der Waals surface area contributed by atoms with Gasteiger partial charge >= 0.3 is 0 Å². The summed E-state index contributed by atoms with van der Waals surface area (Å²) in [6, 6.07) is 7.11. The van der Waals surface area contributed by atoms with E-state index >= 15 is 0 Å². The molecule has 3 rings (SSSR count). The van der Waals surface area contributed by atoms with Crippen LogP contribution in [0.3, 0.4) is 0 Å². The van der Waals surface area contributed by atoms with E-state index in [1.54, 1.807) is 41.7 Å². The van der Waals surface area contributed by atoms with Crippen LogP contribution in [0.4, 0.5) is 0 Å². The number of nitrogens with zero attached hydrogens (tertiary/aromatic N) is 2. The van der Waals surface area contributed by atoms with Gasteiger partial charge in [-0.1, -0.05) is 35.7 Å². The van der Waals surface area contributed by atoms with Crippen molar-refractivity contribution in [2.24, 2.45) is 10.1 Å². The van der Waals surface area contributed by atoms with Crippen molar-refractivity contribution in [2.75, 3.05) is 18.1 Å². The van der Waals surface area contributed by atoms with Crippen molar-refractivity contribution in [3.05, 3.63) is 29.8 Å². The number of carbonyl (C=O) groups is 1. The molecule has 0 atom stereocenters. The number of hydrazone groups is 1. The van der Waals surface area contributed by atoms with Crippen LogP contribution in [0.25, 0.3) is 0 Å². The van der Waals surface area contributed by atoms with Crippen molar-refractivity contribution in [3.63, 3.8) is 0 Å². The first-order chi connectivity index (χ1) is 9.33. The fourth-order valence-electron chi connectivity index (χ4n) is 1.65. The van der Waals surface area contributed by atoms with Gasteiger partial charge in [0, 0.05) is 5.75 Å². The number of aliphatic imine (C=N–C) groups is 1. The maximum absolute atomic E-state index is 11.8. The molecule has 0 fully saturated rings. The lowest BCUT2D eigenvalue weighted by molar-refractivity contribution is 0.0955. The average molecular weight is 293 g/mol. The van der Waals surface area contributed by atoms with Gasteiger partial charge in [-0.3, -0.25) is 9.79 Å². The maximum atomic E-state index is 11.8. The van der Waals surface area contributed by atoms with Crippen LogP contribution in [0, 0.1) is 0 Å². The van der Waals surface area contributed by atoms with Gasteiger partial charge in [-0.2, -0.15) is 0 Å². The number of benzene rings is 1. The van der Waals surface area contributed by atoms with E-state index in [4.69, 9.17) is 4.74 Å². The van der Waals surface area contributed by atoms with Crippen LogP contribution in [-0.4, -0.2) is 34.2 Å². The lowest BCUT2D eigenvalue weighted by atomic mass is 10.2. The van der Waals surface area contributed by atoms with Crippen molar-refractivity contribution in [1.29, 1.82) is 0 Å². The first-order valence-electron chi connectivity index (χ1n) is 5.77. The van der Waals surface area contributed by atoms with Crippen molar-refractivity contribution in [3.8, 4) is 5.75 Å². The summed E-state index contributed by atoms with van der Waals surface area (Å²) in [4.78, 5) is 16.1. The van der Waals surface area contributed by atoms with Crippen molar-refractivity contribution in [1.82, 2.24) is 5.43 Å². The Morgan fingerprint density at radius 3 is 3.16 bits per heavy atom. The highest BCUT2D eigenvalue weighted by molar-refractivity contribution is 8.39. The lowest BCUT2D eigenvalue weighted by Crippen LogP contribution is -2.18.